The molecule has 0 aromatic heterocycles. The van der Waals surface area contributed by atoms with Crippen LogP contribution in [-0.4, -0.2) is 81.9 Å². The monoisotopic (exact) mass is 695 g/mol. The van der Waals surface area contributed by atoms with Crippen molar-refractivity contribution in [1.82, 2.24) is 9.80 Å². The molecule has 1 aliphatic rings. The van der Waals surface area contributed by atoms with Crippen LogP contribution < -0.4 is 30.2 Å². The number of ether oxygens (including phenoxy) is 3. The van der Waals surface area contributed by atoms with Crippen LogP contribution in [0.2, 0.25) is 0 Å². The third-order valence-electron chi connectivity index (χ3n) is 8.00. The molecule has 4 rings (SSSR count). The Balaban J connectivity index is 1.61. The van der Waals surface area contributed by atoms with E-state index in [1.54, 1.807) is 44.2 Å². The lowest BCUT2D eigenvalue weighted by molar-refractivity contribution is -0.138. The first-order valence-electron chi connectivity index (χ1n) is 15.5. The van der Waals surface area contributed by atoms with Crippen LogP contribution in [0.15, 0.2) is 76.5 Å². The summed E-state index contributed by atoms with van der Waals surface area (Å²) in [6.45, 7) is 9.58. The number of nitrogens with two attached hydrogens (primary N) is 1. The minimum Gasteiger partial charge on any atom is -0.497 e. The topological polar surface area (TPSA) is 134 Å². The van der Waals surface area contributed by atoms with Gasteiger partial charge in [0.1, 0.15) is 23.1 Å². The molecule has 0 saturated carbocycles. The maximum Gasteiger partial charge on any atom is 0.425 e. The summed E-state index contributed by atoms with van der Waals surface area (Å²) in [5.41, 5.74) is 5.77. The second-order valence-electron chi connectivity index (χ2n) is 11.4. The van der Waals surface area contributed by atoms with Gasteiger partial charge in [-0.1, -0.05) is 12.1 Å². The molecule has 0 spiro atoms. The first kappa shape index (κ1) is 37.4. The highest BCUT2D eigenvalue weighted by atomic mass is 19.4. The first-order chi connectivity index (χ1) is 23.8. The largest absolute Gasteiger partial charge is 0.497 e. The molecule has 3 aromatic carbocycles. The highest BCUT2D eigenvalue weighted by Gasteiger charge is 2.35. The Bertz CT molecular complexity index is 1790. The number of benzene rings is 3. The van der Waals surface area contributed by atoms with Crippen molar-refractivity contribution in [2.75, 3.05) is 57.7 Å². The van der Waals surface area contributed by atoms with Crippen LogP contribution in [0.5, 0.6) is 17.2 Å². The normalized spacial score (nSPS) is 14.6. The second-order valence-corrected chi connectivity index (χ2v) is 11.4. The van der Waals surface area contributed by atoms with Crippen molar-refractivity contribution >= 4 is 36.1 Å². The molecular weight excluding hydrogens is 655 g/mol. The summed E-state index contributed by atoms with van der Waals surface area (Å²) in [5, 5.41) is 2.61. The summed E-state index contributed by atoms with van der Waals surface area (Å²) in [4.78, 5) is 40.0. The zero-order valence-electron chi connectivity index (χ0n) is 28.5. The molecule has 0 bridgehead atoms. The number of aliphatic imine (C=N–C) groups is 2. The van der Waals surface area contributed by atoms with Crippen molar-refractivity contribution in [3.63, 3.8) is 0 Å². The number of alkyl halides is 3. The van der Waals surface area contributed by atoms with E-state index in [-0.39, 0.29) is 52.3 Å². The Morgan fingerprint density at radius 1 is 1.02 bits per heavy atom. The van der Waals surface area contributed by atoms with Crippen molar-refractivity contribution < 1.29 is 37.0 Å². The Morgan fingerprint density at radius 3 is 2.36 bits per heavy atom. The highest BCUT2D eigenvalue weighted by Crippen LogP contribution is 2.37. The van der Waals surface area contributed by atoms with E-state index < -0.39 is 23.7 Å². The fourth-order valence-electron chi connectivity index (χ4n) is 5.18. The lowest BCUT2D eigenvalue weighted by Gasteiger charge is -2.33. The molecule has 0 aliphatic carbocycles. The molecule has 3 N–H and O–H groups in total. The van der Waals surface area contributed by atoms with Gasteiger partial charge in [0, 0.05) is 56.1 Å². The Morgan fingerprint density at radius 2 is 1.74 bits per heavy atom. The molecule has 50 heavy (non-hydrogen) atoms. The standard InChI is InChI=1S/C35H40F3N7O5/c1-7-31(42-33(39)40-3)45(28-13-12-26(48-5)20-30(28)49-6)34(47)50-29-19-25(11-8-22(29)2)41-32(46)23-9-10-24(27(18-23)35(36,37)38)21-44-16-14-43(4)15-17-44/h7-13,18-20H,3,14-17,21H2,1-2,4-6H3,(H2,39,42)(H,41,46)/b31-7+. The average molecular weight is 696 g/mol. The number of carbonyl (C=O) groups is 2. The van der Waals surface area contributed by atoms with Gasteiger partial charge < -0.3 is 30.2 Å². The van der Waals surface area contributed by atoms with E-state index in [4.69, 9.17) is 19.9 Å². The number of carbonyl (C=O) groups excluding carboxylic acids is 2. The Labute approximate surface area is 288 Å². The van der Waals surface area contributed by atoms with Gasteiger partial charge in [0.15, 0.2) is 0 Å². The van der Waals surface area contributed by atoms with Crippen LogP contribution in [0, 0.1) is 6.92 Å². The smallest absolute Gasteiger partial charge is 0.425 e. The lowest BCUT2D eigenvalue weighted by Crippen LogP contribution is -2.44. The minimum atomic E-state index is -4.66. The third-order valence-corrected chi connectivity index (χ3v) is 8.00. The zero-order valence-corrected chi connectivity index (χ0v) is 28.5. The average Bonchev–Trinajstić information content (AvgIpc) is 3.09. The number of amides is 2. The molecule has 0 atom stereocenters. The highest BCUT2D eigenvalue weighted by molar-refractivity contribution is 6.04. The van der Waals surface area contributed by atoms with Gasteiger partial charge in [-0.3, -0.25) is 9.69 Å². The van der Waals surface area contributed by atoms with Gasteiger partial charge in [0.25, 0.3) is 5.91 Å². The minimum absolute atomic E-state index is 0.0296. The number of anilines is 2. The van der Waals surface area contributed by atoms with Crippen molar-refractivity contribution in [2.45, 2.75) is 26.6 Å². The lowest BCUT2D eigenvalue weighted by atomic mass is 10.0. The third kappa shape index (κ3) is 9.18. The van der Waals surface area contributed by atoms with Crippen LogP contribution in [-0.2, 0) is 12.7 Å². The van der Waals surface area contributed by atoms with Crippen LogP contribution in [0.4, 0.5) is 29.3 Å². The van der Waals surface area contributed by atoms with Crippen LogP contribution >= 0.6 is 0 Å². The molecule has 12 nitrogen and oxygen atoms in total. The van der Waals surface area contributed by atoms with Gasteiger partial charge in [0.2, 0.25) is 5.96 Å². The summed E-state index contributed by atoms with van der Waals surface area (Å²) >= 11 is 0. The summed E-state index contributed by atoms with van der Waals surface area (Å²) in [6.07, 6.45) is -4.10. The van der Waals surface area contributed by atoms with E-state index in [0.717, 1.165) is 24.1 Å². The van der Waals surface area contributed by atoms with Gasteiger partial charge in [-0.05, 0) is 75.1 Å². The van der Waals surface area contributed by atoms with E-state index in [0.29, 0.717) is 24.4 Å². The van der Waals surface area contributed by atoms with E-state index in [1.807, 2.05) is 11.9 Å². The van der Waals surface area contributed by atoms with Crippen LogP contribution in [0.3, 0.4) is 0 Å². The molecule has 15 heteroatoms. The SMILES string of the molecule is C=NC(N)=N/C(=C\C)N(C(=O)Oc1cc(NC(=O)c2ccc(CN3CCN(C)CC3)c(C(F)(F)F)c2)ccc1C)c1ccc(OC)cc1OC. The van der Waals surface area contributed by atoms with E-state index in [1.165, 1.54) is 38.5 Å². The first-order valence-corrected chi connectivity index (χ1v) is 15.5. The molecule has 1 aliphatic heterocycles. The maximum atomic E-state index is 14.1. The number of allylic oxidation sites excluding steroid dienone is 1. The predicted molar refractivity (Wildman–Crippen MR) is 186 cm³/mol. The van der Waals surface area contributed by atoms with Crippen molar-refractivity contribution in [1.29, 1.82) is 0 Å². The molecule has 2 amide bonds. The molecule has 1 heterocycles. The maximum absolute atomic E-state index is 14.1. The Kier molecular flexibility index (Phi) is 12.2. The quantitative estimate of drug-likeness (QED) is 0.198. The zero-order chi connectivity index (χ0) is 36.6. The summed E-state index contributed by atoms with van der Waals surface area (Å²) in [5.74, 6) is -0.204. The van der Waals surface area contributed by atoms with Gasteiger partial charge in [-0.15, -0.1) is 0 Å². The van der Waals surface area contributed by atoms with Crippen molar-refractivity contribution in [2.24, 2.45) is 15.7 Å². The number of aryl methyl sites for hydroxylation is 1. The van der Waals surface area contributed by atoms with Gasteiger partial charge in [0.05, 0.1) is 25.5 Å². The number of nitrogens with zero attached hydrogens (tertiary/aromatic N) is 5. The molecule has 1 fully saturated rings. The number of piperazine rings is 1. The van der Waals surface area contributed by atoms with Crippen molar-refractivity contribution in [3.8, 4) is 17.2 Å². The fraction of sp³-hybridized carbons (Fsp3) is 0.314. The number of hydrogen-bond donors (Lipinski definition) is 2. The number of likely N-dealkylation sites (N-methyl/N-ethyl adjacent to an activating group) is 1. The van der Waals surface area contributed by atoms with Gasteiger partial charge in [-0.25, -0.2) is 14.7 Å². The summed E-state index contributed by atoms with van der Waals surface area (Å²) in [7, 11) is 4.86. The predicted octanol–water partition coefficient (Wildman–Crippen LogP) is 5.91. The summed E-state index contributed by atoms with van der Waals surface area (Å²) < 4.78 is 59.0. The van der Waals surface area contributed by atoms with Gasteiger partial charge >= 0.3 is 12.3 Å². The summed E-state index contributed by atoms with van der Waals surface area (Å²) in [6, 6.07) is 12.8. The second kappa shape index (κ2) is 16.3. The van der Waals surface area contributed by atoms with Crippen LogP contribution in [0.1, 0.15) is 34.0 Å². The van der Waals surface area contributed by atoms with Crippen LogP contribution in [0.25, 0.3) is 0 Å². The van der Waals surface area contributed by atoms with E-state index in [2.05, 4.69) is 26.9 Å². The molecule has 0 unspecified atom stereocenters. The Hall–Kier alpha value is -5.41. The molecular formula is C35H40F3N7O5. The molecule has 3 aromatic rings. The number of guanidine groups is 1. The molecule has 1 saturated heterocycles. The number of hydrogen-bond acceptors (Lipinski definition) is 8. The fourth-order valence-corrected chi connectivity index (χ4v) is 5.18. The van der Waals surface area contributed by atoms with E-state index >= 15 is 0 Å². The number of rotatable bonds is 10. The van der Waals surface area contributed by atoms with E-state index in [9.17, 15) is 22.8 Å². The molecule has 266 valence electrons. The van der Waals surface area contributed by atoms with Gasteiger partial charge in [-0.2, -0.15) is 18.2 Å². The van der Waals surface area contributed by atoms with Crippen molar-refractivity contribution in [3.05, 3.63) is 88.7 Å². The number of halogens is 3. The number of nitrogens with one attached hydrogen (secondary N) is 1. The molecule has 0 radical (unpaired) electrons. The number of methoxy groups -OCH3 is 2.